The lowest BCUT2D eigenvalue weighted by molar-refractivity contribution is -0.144. The van der Waals surface area contributed by atoms with Crippen molar-refractivity contribution >= 4 is 5.97 Å². The molecule has 2 fully saturated rings. The summed E-state index contributed by atoms with van der Waals surface area (Å²) in [5.41, 5.74) is 2.97. The molecule has 1 aliphatic heterocycles. The largest absolute Gasteiger partial charge is 0.494 e. The zero-order chi connectivity index (χ0) is 23.1. The third-order valence-electron chi connectivity index (χ3n) is 8.09. The molecule has 1 unspecified atom stereocenters. The Balaban J connectivity index is 1.45. The van der Waals surface area contributed by atoms with E-state index >= 15 is 0 Å². The minimum absolute atomic E-state index is 0.0148. The summed E-state index contributed by atoms with van der Waals surface area (Å²) in [6.07, 6.45) is 15.3. The third-order valence-corrected chi connectivity index (χ3v) is 8.09. The average Bonchev–Trinajstić information content (AvgIpc) is 2.77. The Labute approximate surface area is 196 Å². The van der Waals surface area contributed by atoms with E-state index in [0.717, 1.165) is 49.0 Å². The monoisotopic (exact) mass is 443 g/mol. The predicted molar refractivity (Wildman–Crippen MR) is 131 cm³/mol. The number of methoxy groups -OCH3 is 1. The van der Waals surface area contributed by atoms with Crippen LogP contribution in [0, 0.1) is 17.3 Å². The third kappa shape index (κ3) is 6.27. The van der Waals surface area contributed by atoms with Crippen LogP contribution < -0.4 is 0 Å². The fraction of sp³-hybridized carbons (Fsp3) is 0.750. The fourth-order valence-corrected chi connectivity index (χ4v) is 6.39. The van der Waals surface area contributed by atoms with Crippen molar-refractivity contribution in [3.63, 3.8) is 0 Å². The van der Waals surface area contributed by atoms with Gasteiger partial charge in [-0.2, -0.15) is 0 Å². The predicted octanol–water partition coefficient (Wildman–Crippen LogP) is 6.43. The normalized spacial score (nSPS) is 29.0. The van der Waals surface area contributed by atoms with Gasteiger partial charge in [-0.05, 0) is 101 Å². The molecule has 1 saturated heterocycles. The van der Waals surface area contributed by atoms with Crippen molar-refractivity contribution in [2.45, 2.75) is 90.5 Å². The Kier molecular flexibility index (Phi) is 9.04. The van der Waals surface area contributed by atoms with Crippen molar-refractivity contribution < 1.29 is 14.3 Å². The second-order valence-electron chi connectivity index (χ2n) is 10.5. The summed E-state index contributed by atoms with van der Waals surface area (Å²) in [5.74, 6) is 1.46. The van der Waals surface area contributed by atoms with Crippen molar-refractivity contribution in [3.05, 3.63) is 36.1 Å². The van der Waals surface area contributed by atoms with E-state index in [1.807, 2.05) is 6.92 Å². The molecule has 1 heterocycles. The Morgan fingerprint density at radius 2 is 1.91 bits per heavy atom. The summed E-state index contributed by atoms with van der Waals surface area (Å²) in [7, 11) is 1.50. The molecule has 0 amide bonds. The number of nitrogens with zero attached hydrogens (tertiary/aromatic N) is 1. The number of allylic oxidation sites excluding steroid dienone is 2. The van der Waals surface area contributed by atoms with Crippen LogP contribution in [0.2, 0.25) is 0 Å². The van der Waals surface area contributed by atoms with Gasteiger partial charge in [0.05, 0.1) is 19.6 Å². The van der Waals surface area contributed by atoms with Crippen LogP contribution in [0.5, 0.6) is 0 Å². The van der Waals surface area contributed by atoms with Gasteiger partial charge < -0.3 is 14.4 Å². The van der Waals surface area contributed by atoms with Crippen LogP contribution in [0.25, 0.3) is 0 Å². The summed E-state index contributed by atoms with van der Waals surface area (Å²) in [4.78, 5) is 14.7. The lowest BCUT2D eigenvalue weighted by Gasteiger charge is -2.54. The summed E-state index contributed by atoms with van der Waals surface area (Å²) in [6, 6.07) is 0.730. The Morgan fingerprint density at radius 3 is 2.53 bits per heavy atom. The Hall–Kier alpha value is -1.55. The zero-order valence-corrected chi connectivity index (χ0v) is 20.8. The highest BCUT2D eigenvalue weighted by Crippen LogP contribution is 2.52. The van der Waals surface area contributed by atoms with Gasteiger partial charge in [-0.15, -0.1) is 0 Å². The number of likely N-dealkylation sites (tertiary alicyclic amines) is 1. The lowest BCUT2D eigenvalue weighted by atomic mass is 9.59. The molecule has 1 saturated carbocycles. The highest BCUT2D eigenvalue weighted by Gasteiger charge is 2.46. The van der Waals surface area contributed by atoms with Gasteiger partial charge >= 0.3 is 5.97 Å². The minimum atomic E-state index is -0.0647. The summed E-state index contributed by atoms with van der Waals surface area (Å²) in [5, 5.41) is 0. The first-order valence-electron chi connectivity index (χ1n) is 12.9. The quantitative estimate of drug-likeness (QED) is 0.160. The molecule has 0 aromatic carbocycles. The van der Waals surface area contributed by atoms with E-state index in [1.54, 1.807) is 0 Å². The van der Waals surface area contributed by atoms with E-state index in [0.29, 0.717) is 12.0 Å². The molecule has 180 valence electrons. The summed E-state index contributed by atoms with van der Waals surface area (Å²) < 4.78 is 10.6. The van der Waals surface area contributed by atoms with Gasteiger partial charge in [-0.25, -0.2) is 0 Å². The summed E-state index contributed by atoms with van der Waals surface area (Å²) in [6.45, 7) is 15.7. The van der Waals surface area contributed by atoms with Crippen molar-refractivity contribution in [3.8, 4) is 0 Å². The lowest BCUT2D eigenvalue weighted by Crippen LogP contribution is -2.53. The average molecular weight is 444 g/mol. The van der Waals surface area contributed by atoms with Crippen molar-refractivity contribution in [2.75, 3.05) is 26.8 Å². The van der Waals surface area contributed by atoms with Gasteiger partial charge in [0.2, 0.25) is 0 Å². The number of rotatable bonds is 11. The van der Waals surface area contributed by atoms with Crippen molar-refractivity contribution in [1.82, 2.24) is 4.90 Å². The second-order valence-corrected chi connectivity index (χ2v) is 10.5. The molecule has 3 rings (SSSR count). The van der Waals surface area contributed by atoms with Gasteiger partial charge in [-0.3, -0.25) is 4.79 Å². The molecule has 32 heavy (non-hydrogen) atoms. The number of carbonyl (C=O) groups is 1. The molecule has 3 aliphatic rings. The highest BCUT2D eigenvalue weighted by molar-refractivity contribution is 5.74. The number of piperidine rings is 1. The molecular formula is C28H45NO3. The minimum Gasteiger partial charge on any atom is -0.494 e. The first-order chi connectivity index (χ1) is 15.4. The van der Waals surface area contributed by atoms with E-state index in [4.69, 9.17) is 9.47 Å². The number of ether oxygens (including phenoxy) is 2. The van der Waals surface area contributed by atoms with Gasteiger partial charge in [-0.1, -0.05) is 38.2 Å². The molecule has 1 atom stereocenters. The van der Waals surface area contributed by atoms with E-state index in [-0.39, 0.29) is 11.9 Å². The standard InChI is InChI=1S/C28H45NO3/c1-6-13-28(18-21(3)22(4)32-7-2)19-26(20-28)29-14-11-23(12-15-29)16-24-9-8-10-25(17-24)27(30)31-5/h17,23,25-26H,3-4,6-16,18-20H2,1-2,5H3. The van der Waals surface area contributed by atoms with E-state index < -0.39 is 0 Å². The maximum Gasteiger partial charge on any atom is 0.312 e. The van der Waals surface area contributed by atoms with Crippen LogP contribution in [-0.2, 0) is 14.3 Å². The number of hydrogen-bond donors (Lipinski definition) is 0. The number of hydrogen-bond acceptors (Lipinski definition) is 4. The molecule has 2 aliphatic carbocycles. The van der Waals surface area contributed by atoms with Gasteiger partial charge in [0.15, 0.2) is 0 Å². The second kappa shape index (κ2) is 11.5. The maximum atomic E-state index is 11.9. The van der Waals surface area contributed by atoms with Crippen LogP contribution in [-0.4, -0.2) is 43.7 Å². The zero-order valence-electron chi connectivity index (χ0n) is 20.8. The van der Waals surface area contributed by atoms with E-state index in [2.05, 4.69) is 31.1 Å². The van der Waals surface area contributed by atoms with Crippen molar-refractivity contribution in [1.29, 1.82) is 0 Å². The molecule has 4 heteroatoms. The molecule has 0 aromatic rings. The SMILES string of the molecule is C=C(CC1(CCC)CC(N2CCC(CC3=CC(C(=O)OC)CCC3)CC2)C1)C(=C)OCC. The molecule has 0 aromatic heterocycles. The Morgan fingerprint density at radius 1 is 1.19 bits per heavy atom. The Bertz CT molecular complexity index is 695. The molecule has 4 nitrogen and oxygen atoms in total. The maximum absolute atomic E-state index is 11.9. The number of esters is 1. The van der Waals surface area contributed by atoms with Gasteiger partial charge in [0, 0.05) is 6.04 Å². The smallest absolute Gasteiger partial charge is 0.312 e. The van der Waals surface area contributed by atoms with Crippen LogP contribution in [0.15, 0.2) is 36.1 Å². The van der Waals surface area contributed by atoms with Crippen LogP contribution in [0.1, 0.15) is 84.5 Å². The van der Waals surface area contributed by atoms with E-state index in [9.17, 15) is 4.79 Å². The molecule has 0 N–H and O–H groups in total. The molecular weight excluding hydrogens is 398 g/mol. The molecule has 0 spiro atoms. The van der Waals surface area contributed by atoms with Crippen LogP contribution in [0.4, 0.5) is 0 Å². The topological polar surface area (TPSA) is 38.8 Å². The van der Waals surface area contributed by atoms with E-state index in [1.165, 1.54) is 70.7 Å². The first-order valence-corrected chi connectivity index (χ1v) is 12.9. The van der Waals surface area contributed by atoms with Gasteiger partial charge in [0.1, 0.15) is 5.76 Å². The van der Waals surface area contributed by atoms with Crippen LogP contribution in [0.3, 0.4) is 0 Å². The molecule has 0 bridgehead atoms. The molecule has 0 radical (unpaired) electrons. The fourth-order valence-electron chi connectivity index (χ4n) is 6.39. The first kappa shape index (κ1) is 25.1. The van der Waals surface area contributed by atoms with Crippen molar-refractivity contribution in [2.24, 2.45) is 17.3 Å². The van der Waals surface area contributed by atoms with Crippen LogP contribution >= 0.6 is 0 Å². The number of carbonyl (C=O) groups excluding carboxylic acids is 1. The highest BCUT2D eigenvalue weighted by atomic mass is 16.5. The van der Waals surface area contributed by atoms with Gasteiger partial charge in [0.25, 0.3) is 0 Å². The summed E-state index contributed by atoms with van der Waals surface area (Å²) >= 11 is 0.